The van der Waals surface area contributed by atoms with Gasteiger partial charge in [0.1, 0.15) is 5.56 Å². The molecular formula is C21H21F3N2O3. The number of benzene rings is 1. The van der Waals surface area contributed by atoms with Crippen molar-refractivity contribution in [2.24, 2.45) is 5.41 Å². The van der Waals surface area contributed by atoms with Crippen LogP contribution in [0.15, 0.2) is 35.1 Å². The molecule has 1 aliphatic rings. The Balaban J connectivity index is 1.74. The SMILES string of the molecule is CC1(C)CC(=O)c2cc(C(=O)NCCc3ccccc3C(F)(F)F)c(=O)[nH]c2C1. The number of amides is 1. The van der Waals surface area contributed by atoms with Gasteiger partial charge in [-0.1, -0.05) is 32.0 Å². The van der Waals surface area contributed by atoms with Crippen LogP contribution in [0.3, 0.4) is 0 Å². The average molecular weight is 406 g/mol. The molecule has 1 heterocycles. The van der Waals surface area contributed by atoms with Gasteiger partial charge in [0.25, 0.3) is 11.5 Å². The number of aromatic amines is 1. The maximum Gasteiger partial charge on any atom is 0.416 e. The van der Waals surface area contributed by atoms with Crippen LogP contribution in [0.25, 0.3) is 0 Å². The molecule has 0 unspecified atom stereocenters. The fourth-order valence-corrected chi connectivity index (χ4v) is 3.62. The number of hydrogen-bond acceptors (Lipinski definition) is 3. The number of alkyl halides is 3. The second-order valence-electron chi connectivity index (χ2n) is 8.01. The third-order valence-corrected chi connectivity index (χ3v) is 4.96. The van der Waals surface area contributed by atoms with Crippen molar-refractivity contribution in [2.45, 2.75) is 39.3 Å². The van der Waals surface area contributed by atoms with Crippen molar-refractivity contribution in [2.75, 3.05) is 6.54 Å². The molecular weight excluding hydrogens is 385 g/mol. The molecule has 0 saturated carbocycles. The molecule has 1 amide bonds. The molecule has 0 radical (unpaired) electrons. The molecule has 0 bridgehead atoms. The van der Waals surface area contributed by atoms with Crippen LogP contribution in [0.4, 0.5) is 13.2 Å². The van der Waals surface area contributed by atoms with E-state index in [-0.39, 0.29) is 35.3 Å². The van der Waals surface area contributed by atoms with Crippen molar-refractivity contribution in [3.8, 4) is 0 Å². The molecule has 0 saturated heterocycles. The Morgan fingerprint density at radius 2 is 1.86 bits per heavy atom. The van der Waals surface area contributed by atoms with Crippen molar-refractivity contribution in [3.63, 3.8) is 0 Å². The predicted octanol–water partition coefficient (Wildman–Crippen LogP) is 3.52. The van der Waals surface area contributed by atoms with Crippen LogP contribution in [0, 0.1) is 5.41 Å². The number of hydrogen-bond donors (Lipinski definition) is 2. The summed E-state index contributed by atoms with van der Waals surface area (Å²) in [6, 6.07) is 6.41. The van der Waals surface area contributed by atoms with Gasteiger partial charge in [-0.25, -0.2) is 0 Å². The minimum Gasteiger partial charge on any atom is -0.352 e. The number of carbonyl (C=O) groups is 2. The lowest BCUT2D eigenvalue weighted by Crippen LogP contribution is -2.35. The third kappa shape index (κ3) is 4.58. The molecule has 8 heteroatoms. The van der Waals surface area contributed by atoms with Crippen LogP contribution in [-0.2, 0) is 19.0 Å². The first-order valence-electron chi connectivity index (χ1n) is 9.21. The molecule has 0 spiro atoms. The average Bonchev–Trinajstić information content (AvgIpc) is 2.59. The van der Waals surface area contributed by atoms with Crippen molar-refractivity contribution in [3.05, 3.63) is 68.6 Å². The first kappa shape index (κ1) is 20.8. The van der Waals surface area contributed by atoms with Crippen LogP contribution in [0.2, 0.25) is 0 Å². The quantitative estimate of drug-likeness (QED) is 0.816. The number of nitrogens with one attached hydrogen (secondary N) is 2. The number of ketones is 1. The largest absolute Gasteiger partial charge is 0.416 e. The van der Waals surface area contributed by atoms with E-state index in [1.807, 2.05) is 13.8 Å². The number of carbonyl (C=O) groups excluding carboxylic acids is 2. The van der Waals surface area contributed by atoms with Crippen molar-refractivity contribution >= 4 is 11.7 Å². The highest BCUT2D eigenvalue weighted by Gasteiger charge is 2.33. The zero-order valence-electron chi connectivity index (χ0n) is 16.1. The standard InChI is InChI=1S/C21H21F3N2O3/c1-20(2)10-16-13(17(27)11-20)9-14(19(29)26-16)18(28)25-8-7-12-5-3-4-6-15(12)21(22,23)24/h3-6,9H,7-8,10-11H2,1-2H3,(H,25,28)(H,26,29). The minimum atomic E-state index is -4.48. The number of rotatable bonds is 4. The molecule has 29 heavy (non-hydrogen) atoms. The molecule has 0 fully saturated rings. The number of halogens is 3. The smallest absolute Gasteiger partial charge is 0.352 e. The van der Waals surface area contributed by atoms with E-state index >= 15 is 0 Å². The molecule has 154 valence electrons. The Bertz CT molecular complexity index is 1020. The molecule has 2 aromatic rings. The van der Waals surface area contributed by atoms with Crippen LogP contribution < -0.4 is 10.9 Å². The van der Waals surface area contributed by atoms with Crippen molar-refractivity contribution in [1.29, 1.82) is 0 Å². The van der Waals surface area contributed by atoms with Crippen LogP contribution in [0.1, 0.15) is 57.8 Å². The van der Waals surface area contributed by atoms with E-state index in [2.05, 4.69) is 10.3 Å². The molecule has 1 aromatic heterocycles. The fourth-order valence-electron chi connectivity index (χ4n) is 3.62. The highest BCUT2D eigenvalue weighted by molar-refractivity contribution is 6.02. The first-order valence-corrected chi connectivity index (χ1v) is 9.21. The van der Waals surface area contributed by atoms with Gasteiger partial charge in [0, 0.05) is 24.2 Å². The summed E-state index contributed by atoms with van der Waals surface area (Å²) < 4.78 is 39.1. The fraction of sp³-hybridized carbons (Fsp3) is 0.381. The summed E-state index contributed by atoms with van der Waals surface area (Å²) in [6.07, 6.45) is -3.71. The molecule has 1 aromatic carbocycles. The van der Waals surface area contributed by atoms with Gasteiger partial charge in [0.2, 0.25) is 0 Å². The van der Waals surface area contributed by atoms with Gasteiger partial charge >= 0.3 is 6.18 Å². The number of Topliss-reactive ketones (excluding diaryl/α,β-unsaturated/α-hetero) is 1. The van der Waals surface area contributed by atoms with Crippen molar-refractivity contribution < 1.29 is 22.8 Å². The van der Waals surface area contributed by atoms with Gasteiger partial charge in [-0.15, -0.1) is 0 Å². The van der Waals surface area contributed by atoms with Gasteiger partial charge < -0.3 is 10.3 Å². The molecule has 0 aliphatic heterocycles. The number of fused-ring (bicyclic) bond motifs is 1. The summed E-state index contributed by atoms with van der Waals surface area (Å²) in [5.74, 6) is -0.878. The Morgan fingerprint density at radius 1 is 1.17 bits per heavy atom. The summed E-state index contributed by atoms with van der Waals surface area (Å²) in [5, 5.41) is 2.47. The highest BCUT2D eigenvalue weighted by atomic mass is 19.4. The number of aromatic nitrogens is 1. The van der Waals surface area contributed by atoms with Crippen LogP contribution in [0.5, 0.6) is 0 Å². The second-order valence-corrected chi connectivity index (χ2v) is 8.01. The molecule has 2 N–H and O–H groups in total. The lowest BCUT2D eigenvalue weighted by molar-refractivity contribution is -0.138. The van der Waals surface area contributed by atoms with Gasteiger partial charge in [-0.05, 0) is 36.0 Å². The molecule has 1 aliphatic carbocycles. The van der Waals surface area contributed by atoms with E-state index in [4.69, 9.17) is 0 Å². The van der Waals surface area contributed by atoms with E-state index in [0.29, 0.717) is 24.1 Å². The zero-order valence-corrected chi connectivity index (χ0v) is 16.1. The molecule has 5 nitrogen and oxygen atoms in total. The monoisotopic (exact) mass is 406 g/mol. The van der Waals surface area contributed by atoms with Gasteiger partial charge in [-0.2, -0.15) is 13.2 Å². The summed E-state index contributed by atoms with van der Waals surface area (Å²) >= 11 is 0. The first-order chi connectivity index (χ1) is 13.5. The van der Waals surface area contributed by atoms with Crippen molar-refractivity contribution in [1.82, 2.24) is 10.3 Å². The Hall–Kier alpha value is -2.90. The summed E-state index contributed by atoms with van der Waals surface area (Å²) in [7, 11) is 0. The van der Waals surface area contributed by atoms with Crippen LogP contribution >= 0.6 is 0 Å². The second kappa shape index (κ2) is 7.50. The van der Waals surface area contributed by atoms with Gasteiger partial charge in [0.15, 0.2) is 5.78 Å². The van der Waals surface area contributed by atoms with E-state index in [1.165, 1.54) is 24.3 Å². The maximum atomic E-state index is 13.0. The predicted molar refractivity (Wildman–Crippen MR) is 101 cm³/mol. The number of pyridine rings is 1. The van der Waals surface area contributed by atoms with E-state index < -0.39 is 23.2 Å². The summed E-state index contributed by atoms with van der Waals surface area (Å²) in [5.41, 5.74) is -0.999. The third-order valence-electron chi connectivity index (χ3n) is 4.96. The Morgan fingerprint density at radius 3 is 2.55 bits per heavy atom. The van der Waals surface area contributed by atoms with Gasteiger partial charge in [-0.3, -0.25) is 14.4 Å². The van der Waals surface area contributed by atoms with Gasteiger partial charge in [0.05, 0.1) is 5.56 Å². The highest BCUT2D eigenvalue weighted by Crippen LogP contribution is 2.33. The Kier molecular flexibility index (Phi) is 5.38. The zero-order chi connectivity index (χ0) is 21.4. The lowest BCUT2D eigenvalue weighted by atomic mass is 9.75. The molecule has 0 atom stereocenters. The van der Waals surface area contributed by atoms with Crippen LogP contribution in [-0.4, -0.2) is 23.2 Å². The maximum absolute atomic E-state index is 13.0. The Labute approximate surface area is 165 Å². The van der Waals surface area contributed by atoms with E-state index in [0.717, 1.165) is 6.07 Å². The number of H-pyrrole nitrogens is 1. The van der Waals surface area contributed by atoms with E-state index in [9.17, 15) is 27.6 Å². The minimum absolute atomic E-state index is 0.0443. The molecule has 3 rings (SSSR count). The summed E-state index contributed by atoms with van der Waals surface area (Å²) in [6.45, 7) is 3.76. The van der Waals surface area contributed by atoms with E-state index in [1.54, 1.807) is 0 Å². The topological polar surface area (TPSA) is 79.0 Å². The lowest BCUT2D eigenvalue weighted by Gasteiger charge is -2.29. The normalized spacial score (nSPS) is 15.7. The summed E-state index contributed by atoms with van der Waals surface area (Å²) in [4.78, 5) is 39.7.